The molecule has 1 aromatic heterocycles. The van der Waals surface area contributed by atoms with Gasteiger partial charge < -0.3 is 9.47 Å². The molecule has 30 heavy (non-hydrogen) atoms. The summed E-state index contributed by atoms with van der Waals surface area (Å²) in [5.74, 6) is -0.505. The molecule has 0 aliphatic carbocycles. The zero-order valence-electron chi connectivity index (χ0n) is 16.6. The van der Waals surface area contributed by atoms with Crippen LogP contribution in [0.15, 0.2) is 52.9 Å². The summed E-state index contributed by atoms with van der Waals surface area (Å²) in [6.07, 6.45) is 1.51. The van der Waals surface area contributed by atoms with Crippen molar-refractivity contribution < 1.29 is 23.3 Å². The highest BCUT2D eigenvalue weighted by Crippen LogP contribution is 2.27. The topological polar surface area (TPSA) is 94.6 Å². The fourth-order valence-electron chi connectivity index (χ4n) is 2.48. The second-order valence-corrected chi connectivity index (χ2v) is 8.61. The molecule has 0 spiro atoms. The van der Waals surface area contributed by atoms with E-state index < -0.39 is 22.7 Å². The van der Waals surface area contributed by atoms with E-state index in [9.17, 15) is 13.8 Å². The zero-order valence-corrected chi connectivity index (χ0v) is 18.3. The molecule has 0 saturated heterocycles. The molecule has 0 radical (unpaired) electrons. The fraction of sp³-hybridized carbons (Fsp3) is 0.190. The largest absolute Gasteiger partial charge is 0.489 e. The molecule has 9 heteroatoms. The molecule has 3 aromatic rings. The maximum absolute atomic E-state index is 12.8. The number of carbonyl (C=O) groups excluding carboxylic acids is 2. The first kappa shape index (κ1) is 21.7. The van der Waals surface area contributed by atoms with Crippen LogP contribution in [0.4, 0.5) is 5.13 Å². The van der Waals surface area contributed by atoms with Crippen LogP contribution in [0.2, 0.25) is 0 Å². The number of nitrogens with one attached hydrogen (secondary N) is 1. The van der Waals surface area contributed by atoms with Crippen molar-refractivity contribution in [3.8, 4) is 11.5 Å². The molecule has 7 nitrogen and oxygen atoms in total. The Hall–Kier alpha value is -3.04. The number of ether oxygens (including phenoxy) is 2. The molecule has 1 N–H and O–H groups in total. The normalized spacial score (nSPS) is 11.6. The molecule has 156 valence electrons. The Morgan fingerprint density at radius 2 is 1.90 bits per heavy atom. The van der Waals surface area contributed by atoms with Crippen molar-refractivity contribution in [2.75, 3.05) is 11.6 Å². The first-order chi connectivity index (χ1) is 14.3. The molecule has 0 bridgehead atoms. The highest BCUT2D eigenvalue weighted by molar-refractivity contribution is 7.84. The first-order valence-corrected chi connectivity index (χ1v) is 11.4. The third kappa shape index (κ3) is 5.74. The molecule has 1 unspecified atom stereocenters. The second kappa shape index (κ2) is 9.64. The molecule has 0 aliphatic rings. The van der Waals surface area contributed by atoms with Gasteiger partial charge in [0, 0.05) is 18.6 Å². The summed E-state index contributed by atoms with van der Waals surface area (Å²) in [4.78, 5) is 28.3. The first-order valence-electron chi connectivity index (χ1n) is 8.93. The van der Waals surface area contributed by atoms with Crippen LogP contribution in [-0.4, -0.2) is 27.3 Å². The van der Waals surface area contributed by atoms with E-state index in [0.717, 1.165) is 22.5 Å². The Labute approximate surface area is 180 Å². The van der Waals surface area contributed by atoms with Crippen LogP contribution in [0.25, 0.3) is 0 Å². The van der Waals surface area contributed by atoms with Gasteiger partial charge >= 0.3 is 5.97 Å². The van der Waals surface area contributed by atoms with Gasteiger partial charge in [-0.15, -0.1) is 11.3 Å². The van der Waals surface area contributed by atoms with E-state index in [0.29, 0.717) is 22.5 Å². The number of esters is 1. The number of benzene rings is 2. The van der Waals surface area contributed by atoms with Gasteiger partial charge in [0.05, 0.1) is 16.4 Å². The number of anilines is 1. The number of thiazole rings is 1. The van der Waals surface area contributed by atoms with Crippen LogP contribution in [0.3, 0.4) is 0 Å². The summed E-state index contributed by atoms with van der Waals surface area (Å²) < 4.78 is 22.5. The fourth-order valence-corrected chi connectivity index (χ4v) is 4.02. The van der Waals surface area contributed by atoms with Crippen molar-refractivity contribution in [1.29, 1.82) is 0 Å². The summed E-state index contributed by atoms with van der Waals surface area (Å²) in [7, 11) is -1.25. The summed E-state index contributed by atoms with van der Waals surface area (Å²) in [5.41, 5.74) is 2.26. The summed E-state index contributed by atoms with van der Waals surface area (Å²) in [6, 6.07) is 12.6. The zero-order chi connectivity index (χ0) is 21.7. The SMILES string of the molecule is CC(=O)Oc1ccc(OCc2ccc(C)cc2)cc1C(=O)Nc1nc(S(C)=O)cs1. The number of nitrogens with zero attached hydrogens (tertiary/aromatic N) is 1. The average molecular weight is 445 g/mol. The molecule has 0 fully saturated rings. The maximum atomic E-state index is 12.8. The third-order valence-corrected chi connectivity index (χ3v) is 5.68. The minimum atomic E-state index is -1.25. The minimum Gasteiger partial charge on any atom is -0.489 e. The number of hydrogen-bond acceptors (Lipinski definition) is 7. The Morgan fingerprint density at radius 3 is 2.53 bits per heavy atom. The molecular weight excluding hydrogens is 424 g/mol. The molecule has 0 aliphatic heterocycles. The molecule has 3 rings (SSSR count). The lowest BCUT2D eigenvalue weighted by Gasteiger charge is -2.12. The number of rotatable bonds is 7. The van der Waals surface area contributed by atoms with Crippen LogP contribution in [-0.2, 0) is 22.2 Å². The van der Waals surface area contributed by atoms with E-state index in [1.165, 1.54) is 25.3 Å². The number of hydrogen-bond donors (Lipinski definition) is 1. The van der Waals surface area contributed by atoms with Crippen LogP contribution in [0, 0.1) is 6.92 Å². The van der Waals surface area contributed by atoms with Crippen molar-refractivity contribution >= 4 is 39.1 Å². The molecule has 1 atom stereocenters. The van der Waals surface area contributed by atoms with Crippen molar-refractivity contribution in [3.63, 3.8) is 0 Å². The molecule has 1 heterocycles. The van der Waals surface area contributed by atoms with Gasteiger partial charge in [0.15, 0.2) is 5.13 Å². The maximum Gasteiger partial charge on any atom is 0.308 e. The predicted molar refractivity (Wildman–Crippen MR) is 116 cm³/mol. The predicted octanol–water partition coefficient (Wildman–Crippen LogP) is 3.95. The van der Waals surface area contributed by atoms with E-state index >= 15 is 0 Å². The van der Waals surface area contributed by atoms with Crippen LogP contribution >= 0.6 is 11.3 Å². The van der Waals surface area contributed by atoms with Gasteiger partial charge in [0.2, 0.25) is 0 Å². The smallest absolute Gasteiger partial charge is 0.308 e. The number of carbonyl (C=O) groups is 2. The molecule has 0 saturated carbocycles. The summed E-state index contributed by atoms with van der Waals surface area (Å²) >= 11 is 1.16. The highest BCUT2D eigenvalue weighted by atomic mass is 32.2. The van der Waals surface area contributed by atoms with E-state index in [2.05, 4.69) is 10.3 Å². The second-order valence-electron chi connectivity index (χ2n) is 6.43. The van der Waals surface area contributed by atoms with Gasteiger partial charge in [-0.3, -0.25) is 19.1 Å². The van der Waals surface area contributed by atoms with Gasteiger partial charge in [-0.25, -0.2) is 4.98 Å². The highest BCUT2D eigenvalue weighted by Gasteiger charge is 2.18. The standard InChI is InChI=1S/C21H20N2O5S2/c1-13-4-6-15(7-5-13)11-27-16-8-9-18(28-14(2)24)17(10-16)20(25)23-21-22-19(12-29-21)30(3)26/h4-10,12H,11H2,1-3H3,(H,22,23,25). The quantitative estimate of drug-likeness (QED) is 0.438. The van der Waals surface area contributed by atoms with E-state index in [1.54, 1.807) is 11.4 Å². The lowest BCUT2D eigenvalue weighted by atomic mass is 10.1. The van der Waals surface area contributed by atoms with Crippen molar-refractivity contribution in [1.82, 2.24) is 4.98 Å². The Bertz CT molecular complexity index is 1090. The number of aryl methyl sites for hydroxylation is 1. The lowest BCUT2D eigenvalue weighted by molar-refractivity contribution is -0.131. The summed E-state index contributed by atoms with van der Waals surface area (Å²) in [6.45, 7) is 3.59. The van der Waals surface area contributed by atoms with Gasteiger partial charge in [0.25, 0.3) is 5.91 Å². The minimum absolute atomic E-state index is 0.110. The summed E-state index contributed by atoms with van der Waals surface area (Å²) in [5, 5.41) is 4.93. The Kier molecular flexibility index (Phi) is 6.96. The Balaban J connectivity index is 1.80. The van der Waals surface area contributed by atoms with Crippen molar-refractivity contribution in [3.05, 3.63) is 64.5 Å². The van der Waals surface area contributed by atoms with Gasteiger partial charge in [-0.1, -0.05) is 29.8 Å². The third-order valence-electron chi connectivity index (χ3n) is 3.97. The average Bonchev–Trinajstić information content (AvgIpc) is 3.17. The number of amides is 1. The van der Waals surface area contributed by atoms with Crippen LogP contribution in [0.5, 0.6) is 11.5 Å². The van der Waals surface area contributed by atoms with Gasteiger partial charge in [-0.2, -0.15) is 0 Å². The van der Waals surface area contributed by atoms with Gasteiger partial charge in [-0.05, 0) is 30.7 Å². The molecule has 1 amide bonds. The lowest BCUT2D eigenvalue weighted by Crippen LogP contribution is -2.15. The van der Waals surface area contributed by atoms with E-state index in [1.807, 2.05) is 31.2 Å². The Morgan fingerprint density at radius 1 is 1.17 bits per heavy atom. The monoisotopic (exact) mass is 444 g/mol. The van der Waals surface area contributed by atoms with Crippen LogP contribution in [0.1, 0.15) is 28.4 Å². The molecular formula is C21H20N2O5S2. The van der Waals surface area contributed by atoms with E-state index in [4.69, 9.17) is 9.47 Å². The van der Waals surface area contributed by atoms with Crippen molar-refractivity contribution in [2.45, 2.75) is 25.5 Å². The van der Waals surface area contributed by atoms with Gasteiger partial charge in [0.1, 0.15) is 23.1 Å². The van der Waals surface area contributed by atoms with Crippen molar-refractivity contribution in [2.24, 2.45) is 0 Å². The van der Waals surface area contributed by atoms with Crippen LogP contribution < -0.4 is 14.8 Å². The van der Waals surface area contributed by atoms with E-state index in [-0.39, 0.29) is 11.3 Å². The number of aromatic nitrogens is 1. The molecule has 2 aromatic carbocycles.